The number of aromatic nitrogens is 2. The van der Waals surface area contributed by atoms with Crippen molar-refractivity contribution in [2.75, 3.05) is 9.80 Å². The Kier molecular flexibility index (Phi) is 8.60. The zero-order valence-corrected chi connectivity index (χ0v) is 30.7. The summed E-state index contributed by atoms with van der Waals surface area (Å²) in [6, 6.07) is 64.3. The third-order valence-corrected chi connectivity index (χ3v) is 10.4. The molecular weight excluding hydrogens is 655 g/mol. The zero-order chi connectivity index (χ0) is 36.6. The minimum atomic E-state index is 0.0469. The smallest absolute Gasteiger partial charge is 0.247 e. The average Bonchev–Trinajstić information content (AvgIpc) is 3.21. The summed E-state index contributed by atoms with van der Waals surface area (Å²) in [4.78, 5) is 15.1. The van der Waals surface area contributed by atoms with E-state index in [9.17, 15) is 0 Å². The second-order valence-electron chi connectivity index (χ2n) is 14.0. The van der Waals surface area contributed by atoms with Crippen molar-refractivity contribution in [2.24, 2.45) is 0 Å². The number of rotatable bonds is 7. The van der Waals surface area contributed by atoms with Gasteiger partial charge in [0.15, 0.2) is 0 Å². The highest BCUT2D eigenvalue weighted by molar-refractivity contribution is 6.98. The van der Waals surface area contributed by atoms with E-state index in [1.807, 2.05) is 24.3 Å². The summed E-state index contributed by atoms with van der Waals surface area (Å²) in [5, 5.41) is 0. The van der Waals surface area contributed by atoms with Crippen LogP contribution in [0.1, 0.15) is 16.7 Å². The maximum absolute atomic E-state index is 5.39. The number of hydrogen-bond donors (Lipinski definition) is 0. The standard InChI is InChI=1S/C49H39BN4/c1-34-31-35(2)49(36(3)32-34)50-41-23-13-14-26-45(41)53(39-19-9-5-10-20-39)46-30-29-38(33-42(46)50)44-25-16-28-48(52-44)54(40-21-11-6-12-22-40)47-27-15-24-43(51-47)37-17-7-4-8-18-37/h4-33H,1-3H3. The number of benzene rings is 6. The van der Waals surface area contributed by atoms with Crippen LogP contribution < -0.4 is 26.2 Å². The summed E-state index contributed by atoms with van der Waals surface area (Å²) >= 11 is 0. The number of para-hydroxylation sites is 3. The van der Waals surface area contributed by atoms with E-state index >= 15 is 0 Å². The van der Waals surface area contributed by atoms with Crippen molar-refractivity contribution in [3.8, 4) is 22.5 Å². The van der Waals surface area contributed by atoms with Crippen molar-refractivity contribution in [2.45, 2.75) is 20.8 Å². The summed E-state index contributed by atoms with van der Waals surface area (Å²) in [5.41, 5.74) is 16.3. The number of aryl methyl sites for hydroxylation is 3. The maximum Gasteiger partial charge on any atom is 0.247 e. The van der Waals surface area contributed by atoms with Crippen molar-refractivity contribution in [1.29, 1.82) is 0 Å². The molecule has 4 nitrogen and oxygen atoms in total. The molecule has 0 spiro atoms. The van der Waals surface area contributed by atoms with Gasteiger partial charge in [-0.1, -0.05) is 143 Å². The van der Waals surface area contributed by atoms with Crippen molar-refractivity contribution in [1.82, 2.24) is 9.97 Å². The number of nitrogens with zero attached hydrogens (tertiary/aromatic N) is 4. The molecule has 0 N–H and O–H groups in total. The molecule has 0 unspecified atom stereocenters. The van der Waals surface area contributed by atoms with E-state index in [2.05, 4.69) is 188 Å². The van der Waals surface area contributed by atoms with Gasteiger partial charge in [0, 0.05) is 28.3 Å². The van der Waals surface area contributed by atoms with Crippen LogP contribution in [0.15, 0.2) is 182 Å². The van der Waals surface area contributed by atoms with Crippen molar-refractivity contribution in [3.05, 3.63) is 199 Å². The molecule has 258 valence electrons. The Balaban J connectivity index is 1.21. The first-order valence-electron chi connectivity index (χ1n) is 18.5. The van der Waals surface area contributed by atoms with Crippen LogP contribution in [0.4, 0.5) is 34.4 Å². The predicted molar refractivity (Wildman–Crippen MR) is 228 cm³/mol. The molecule has 0 radical (unpaired) electrons. The average molecular weight is 695 g/mol. The highest BCUT2D eigenvalue weighted by Crippen LogP contribution is 2.38. The maximum atomic E-state index is 5.39. The molecule has 8 aromatic rings. The molecule has 6 aromatic carbocycles. The van der Waals surface area contributed by atoms with Crippen molar-refractivity contribution in [3.63, 3.8) is 0 Å². The fraction of sp³-hybridized carbons (Fsp3) is 0.0612. The van der Waals surface area contributed by atoms with Gasteiger partial charge in [0.05, 0.1) is 11.4 Å². The molecule has 0 bridgehead atoms. The van der Waals surface area contributed by atoms with E-state index in [-0.39, 0.29) is 6.71 Å². The van der Waals surface area contributed by atoms with E-state index in [1.54, 1.807) is 0 Å². The Morgan fingerprint density at radius 1 is 0.463 bits per heavy atom. The normalized spacial score (nSPS) is 11.9. The molecule has 0 atom stereocenters. The molecule has 0 amide bonds. The Labute approximate surface area is 318 Å². The van der Waals surface area contributed by atoms with Crippen LogP contribution in [0.2, 0.25) is 0 Å². The minimum absolute atomic E-state index is 0.0469. The molecule has 9 rings (SSSR count). The molecule has 2 aromatic heterocycles. The van der Waals surface area contributed by atoms with Gasteiger partial charge in [0.2, 0.25) is 6.71 Å². The molecule has 1 aliphatic heterocycles. The van der Waals surface area contributed by atoms with Gasteiger partial charge in [-0.05, 0) is 97.9 Å². The lowest BCUT2D eigenvalue weighted by atomic mass is 9.33. The predicted octanol–water partition coefficient (Wildman–Crippen LogP) is 10.5. The second kappa shape index (κ2) is 14.0. The molecule has 0 saturated carbocycles. The molecule has 0 fully saturated rings. The van der Waals surface area contributed by atoms with Crippen LogP contribution in [0.5, 0.6) is 0 Å². The molecule has 54 heavy (non-hydrogen) atoms. The summed E-state index contributed by atoms with van der Waals surface area (Å²) in [5.74, 6) is 1.60. The van der Waals surface area contributed by atoms with Gasteiger partial charge in [-0.25, -0.2) is 9.97 Å². The first kappa shape index (κ1) is 33.1. The highest BCUT2D eigenvalue weighted by atomic mass is 15.2. The zero-order valence-electron chi connectivity index (χ0n) is 30.7. The van der Waals surface area contributed by atoms with Gasteiger partial charge in [0.25, 0.3) is 0 Å². The van der Waals surface area contributed by atoms with Gasteiger partial charge in [-0.15, -0.1) is 0 Å². The van der Waals surface area contributed by atoms with Crippen LogP contribution >= 0.6 is 0 Å². The minimum Gasteiger partial charge on any atom is -0.312 e. The number of pyridine rings is 2. The quantitative estimate of drug-likeness (QED) is 0.156. The summed E-state index contributed by atoms with van der Waals surface area (Å²) < 4.78 is 0. The van der Waals surface area contributed by atoms with Crippen molar-refractivity contribution >= 4 is 57.5 Å². The first-order chi connectivity index (χ1) is 26.5. The summed E-state index contributed by atoms with van der Waals surface area (Å²) in [6.07, 6.45) is 0. The fourth-order valence-corrected chi connectivity index (χ4v) is 8.18. The van der Waals surface area contributed by atoms with Gasteiger partial charge in [-0.3, -0.25) is 4.90 Å². The van der Waals surface area contributed by atoms with Crippen LogP contribution in [-0.4, -0.2) is 16.7 Å². The van der Waals surface area contributed by atoms with Crippen LogP contribution in [0.25, 0.3) is 22.5 Å². The Morgan fingerprint density at radius 3 is 1.69 bits per heavy atom. The summed E-state index contributed by atoms with van der Waals surface area (Å²) in [7, 11) is 0. The Bertz CT molecular complexity index is 2580. The molecular formula is C49H39BN4. The first-order valence-corrected chi connectivity index (χ1v) is 18.5. The van der Waals surface area contributed by atoms with Gasteiger partial charge in [-0.2, -0.15) is 0 Å². The van der Waals surface area contributed by atoms with Crippen LogP contribution in [0, 0.1) is 20.8 Å². The van der Waals surface area contributed by atoms with Crippen LogP contribution in [-0.2, 0) is 0 Å². The molecule has 0 saturated heterocycles. The van der Waals surface area contributed by atoms with Gasteiger partial charge >= 0.3 is 0 Å². The Hall–Kier alpha value is -6.72. The van der Waals surface area contributed by atoms with Gasteiger partial charge < -0.3 is 4.90 Å². The van der Waals surface area contributed by atoms with Gasteiger partial charge in [0.1, 0.15) is 11.6 Å². The molecule has 1 aliphatic rings. The Morgan fingerprint density at radius 2 is 1.02 bits per heavy atom. The SMILES string of the molecule is Cc1cc(C)c(B2c3ccccc3N(c3ccccc3)c3ccc(-c4cccc(N(c5ccccc5)c5cccc(-c6ccccc6)n5)n4)cc32)c(C)c1. The lowest BCUT2D eigenvalue weighted by Crippen LogP contribution is -2.58. The molecule has 3 heterocycles. The molecule has 0 aliphatic carbocycles. The fourth-order valence-electron chi connectivity index (χ4n) is 8.18. The van der Waals surface area contributed by atoms with Crippen LogP contribution in [0.3, 0.4) is 0 Å². The monoisotopic (exact) mass is 694 g/mol. The van der Waals surface area contributed by atoms with E-state index in [0.717, 1.165) is 45.5 Å². The highest BCUT2D eigenvalue weighted by Gasteiger charge is 2.37. The van der Waals surface area contributed by atoms with E-state index in [4.69, 9.17) is 9.97 Å². The lowest BCUT2D eigenvalue weighted by Gasteiger charge is -2.38. The largest absolute Gasteiger partial charge is 0.312 e. The topological polar surface area (TPSA) is 32.3 Å². The summed E-state index contributed by atoms with van der Waals surface area (Å²) in [6.45, 7) is 6.75. The van der Waals surface area contributed by atoms with Crippen molar-refractivity contribution < 1.29 is 0 Å². The van der Waals surface area contributed by atoms with E-state index in [1.165, 1.54) is 44.5 Å². The lowest BCUT2D eigenvalue weighted by molar-refractivity contribution is 1.13. The number of anilines is 6. The molecule has 5 heteroatoms. The second-order valence-corrected chi connectivity index (χ2v) is 14.0. The third-order valence-electron chi connectivity index (χ3n) is 10.4. The van der Waals surface area contributed by atoms with E-state index < -0.39 is 0 Å². The number of fused-ring (bicyclic) bond motifs is 2. The third kappa shape index (κ3) is 6.04. The van der Waals surface area contributed by atoms with E-state index in [0.29, 0.717) is 0 Å². The number of hydrogen-bond acceptors (Lipinski definition) is 4.